The topological polar surface area (TPSA) is 9.72 Å². The van der Waals surface area contributed by atoms with Crippen LogP contribution in [0.3, 0.4) is 0 Å². The summed E-state index contributed by atoms with van der Waals surface area (Å²) < 4.78 is 0. The third kappa shape index (κ3) is 3.23. The zero-order valence-electron chi connectivity index (χ0n) is 25.6. The molecule has 0 N–H and O–H groups in total. The fourth-order valence-electron chi connectivity index (χ4n) is 8.87. The van der Waals surface area contributed by atoms with Crippen LogP contribution in [0.15, 0.2) is 164 Å². The van der Waals surface area contributed by atoms with Crippen molar-refractivity contribution in [1.29, 1.82) is 0 Å². The highest BCUT2D eigenvalue weighted by molar-refractivity contribution is 7.02. The zero-order valence-corrected chi connectivity index (χ0v) is 25.6. The summed E-state index contributed by atoms with van der Waals surface area (Å²) in [5.74, 6) is 0. The van der Waals surface area contributed by atoms with Crippen molar-refractivity contribution in [3.8, 4) is 11.1 Å². The number of hydrogen-bond donors (Lipinski definition) is 0. The van der Waals surface area contributed by atoms with Gasteiger partial charge in [-0.2, -0.15) is 0 Å². The van der Waals surface area contributed by atoms with Crippen molar-refractivity contribution in [3.63, 3.8) is 0 Å². The first kappa shape index (κ1) is 25.3. The molecule has 4 aliphatic rings. The van der Waals surface area contributed by atoms with Crippen LogP contribution in [0.25, 0.3) is 11.1 Å². The number of para-hydroxylation sites is 6. The normalized spacial score (nSPS) is 14.2. The van der Waals surface area contributed by atoms with Gasteiger partial charge in [0.05, 0.1) is 0 Å². The molecule has 0 radical (unpaired) electrons. The molecule has 4 aliphatic heterocycles. The quantitative estimate of drug-likeness (QED) is 0.199. The van der Waals surface area contributed by atoms with Gasteiger partial charge in [0.15, 0.2) is 0 Å². The van der Waals surface area contributed by atoms with Crippen LogP contribution in [0.1, 0.15) is 0 Å². The number of hydrogen-bond acceptors (Lipinski definition) is 3. The van der Waals surface area contributed by atoms with Gasteiger partial charge in [0, 0.05) is 51.1 Å². The van der Waals surface area contributed by atoms with Crippen molar-refractivity contribution in [2.75, 3.05) is 14.6 Å². The minimum Gasteiger partial charge on any atom is -0.376 e. The van der Waals surface area contributed by atoms with Crippen molar-refractivity contribution < 1.29 is 0 Å². The molecule has 4 heterocycles. The summed E-state index contributed by atoms with van der Waals surface area (Å²) in [7, 11) is 0. The number of rotatable bonds is 2. The second-order valence-electron chi connectivity index (χ2n) is 12.9. The van der Waals surface area contributed by atoms with Gasteiger partial charge in [-0.3, -0.25) is 0 Å². The van der Waals surface area contributed by atoms with Crippen LogP contribution in [-0.4, -0.2) is 13.6 Å². The van der Waals surface area contributed by atoms with Gasteiger partial charge < -0.3 is 14.6 Å². The van der Waals surface area contributed by atoms with Gasteiger partial charge in [-0.15, -0.1) is 0 Å². The molecule has 0 aliphatic carbocycles. The highest BCUT2D eigenvalue weighted by Crippen LogP contribution is 2.50. The van der Waals surface area contributed by atoms with Crippen LogP contribution >= 0.6 is 0 Å². The molecule has 216 valence electrons. The Bertz CT molecular complexity index is 2400. The minimum atomic E-state index is 0.0170. The van der Waals surface area contributed by atoms with Gasteiger partial charge >= 0.3 is 6.85 Å². The average Bonchev–Trinajstić information content (AvgIpc) is 3.15. The smallest absolute Gasteiger partial charge is 0.333 e. The van der Waals surface area contributed by atoms with Gasteiger partial charge in [0.25, 0.3) is 6.71 Å². The Labute approximate surface area is 275 Å². The second kappa shape index (κ2) is 9.31. The van der Waals surface area contributed by atoms with E-state index in [1.165, 1.54) is 83.9 Å². The Kier molecular flexibility index (Phi) is 5.01. The predicted molar refractivity (Wildman–Crippen MR) is 200 cm³/mol. The third-order valence-electron chi connectivity index (χ3n) is 10.6. The van der Waals surface area contributed by atoms with E-state index in [-0.39, 0.29) is 13.6 Å². The molecule has 0 aromatic heterocycles. The lowest BCUT2D eigenvalue weighted by Gasteiger charge is -2.51. The largest absolute Gasteiger partial charge is 0.376 e. The lowest BCUT2D eigenvalue weighted by Crippen LogP contribution is -2.68. The van der Waals surface area contributed by atoms with Crippen molar-refractivity contribution >= 4 is 86.4 Å². The number of benzene rings is 7. The van der Waals surface area contributed by atoms with Gasteiger partial charge in [0.1, 0.15) is 0 Å². The van der Waals surface area contributed by atoms with E-state index >= 15 is 0 Å². The second-order valence-corrected chi connectivity index (χ2v) is 12.9. The molecule has 0 saturated carbocycles. The maximum absolute atomic E-state index is 2.59. The predicted octanol–water partition coefficient (Wildman–Crippen LogP) is 7.01. The lowest BCUT2D eigenvalue weighted by atomic mass is 9.31. The molecular weight excluding hydrogens is 568 g/mol. The highest BCUT2D eigenvalue weighted by atomic mass is 15.2. The summed E-state index contributed by atoms with van der Waals surface area (Å²) in [4.78, 5) is 7.67. The van der Waals surface area contributed by atoms with E-state index in [1.807, 2.05) is 0 Å². The third-order valence-corrected chi connectivity index (χ3v) is 10.6. The van der Waals surface area contributed by atoms with Gasteiger partial charge in [0.2, 0.25) is 0 Å². The molecule has 0 bridgehead atoms. The van der Waals surface area contributed by atoms with Crippen molar-refractivity contribution in [2.24, 2.45) is 0 Å². The zero-order chi connectivity index (χ0) is 30.6. The Morgan fingerprint density at radius 3 is 1.55 bits per heavy atom. The summed E-state index contributed by atoms with van der Waals surface area (Å²) in [6.07, 6.45) is 0. The summed E-state index contributed by atoms with van der Waals surface area (Å²) in [5, 5.41) is 0. The summed E-state index contributed by atoms with van der Waals surface area (Å²) in [5.41, 5.74) is 19.3. The molecular formula is C42H27B2N3. The molecule has 0 unspecified atom stereocenters. The number of nitrogens with zero attached hydrogens (tertiary/aromatic N) is 3. The molecule has 11 rings (SSSR count). The Hall–Kier alpha value is -5.93. The van der Waals surface area contributed by atoms with Gasteiger partial charge in [-0.1, -0.05) is 109 Å². The number of anilines is 8. The molecule has 0 amide bonds. The monoisotopic (exact) mass is 595 g/mol. The van der Waals surface area contributed by atoms with E-state index in [1.54, 1.807) is 0 Å². The molecule has 7 aromatic rings. The highest BCUT2D eigenvalue weighted by Gasteiger charge is 2.51. The summed E-state index contributed by atoms with van der Waals surface area (Å²) >= 11 is 0. The fraction of sp³-hybridized carbons (Fsp3) is 0. The lowest BCUT2D eigenvalue weighted by molar-refractivity contribution is 1.25. The van der Waals surface area contributed by atoms with Crippen LogP contribution in [0.2, 0.25) is 0 Å². The number of fused-ring (bicyclic) bond motifs is 10. The molecule has 0 spiro atoms. The van der Waals surface area contributed by atoms with Crippen LogP contribution in [0.5, 0.6) is 0 Å². The van der Waals surface area contributed by atoms with E-state index in [0.29, 0.717) is 0 Å². The molecule has 7 aromatic carbocycles. The van der Waals surface area contributed by atoms with E-state index in [9.17, 15) is 0 Å². The first-order valence-electron chi connectivity index (χ1n) is 16.4. The molecule has 0 fully saturated rings. The van der Waals surface area contributed by atoms with E-state index in [0.717, 1.165) is 0 Å². The van der Waals surface area contributed by atoms with Crippen LogP contribution in [0, 0.1) is 0 Å². The van der Waals surface area contributed by atoms with E-state index in [4.69, 9.17) is 0 Å². The summed E-state index contributed by atoms with van der Waals surface area (Å²) in [6, 6.07) is 60.5. The Balaban J connectivity index is 1.34. The first-order valence-corrected chi connectivity index (χ1v) is 16.4. The molecule has 0 saturated heterocycles. The van der Waals surface area contributed by atoms with Crippen molar-refractivity contribution in [3.05, 3.63) is 164 Å². The standard InChI is InChI=1S/C42H27B2N3/c1-3-15-28(16-4-1)45-36-24-12-8-20-32(36)43-33-21-9-13-25-37(33)46-38-26-14-10-22-34(38)44-40-31(27-39(45)41(43)42(40)46)30-19-7-11-23-35(30)47(44)29-17-5-2-6-18-29/h1-27H. The maximum Gasteiger partial charge on any atom is 0.333 e. The van der Waals surface area contributed by atoms with Crippen LogP contribution < -0.4 is 41.9 Å². The van der Waals surface area contributed by atoms with Crippen LogP contribution in [0.4, 0.5) is 45.5 Å². The SMILES string of the molecule is c1ccc(N2B3c4ccccc4N4c5ccccc5B5c6ccccc6N(c6ccccc6)c6cc(c3c4c65)-c3ccccc32)cc1. The molecule has 3 nitrogen and oxygen atoms in total. The van der Waals surface area contributed by atoms with Crippen LogP contribution in [-0.2, 0) is 0 Å². The Morgan fingerprint density at radius 1 is 0.362 bits per heavy atom. The van der Waals surface area contributed by atoms with E-state index < -0.39 is 0 Å². The average molecular weight is 595 g/mol. The molecule has 5 heteroatoms. The minimum absolute atomic E-state index is 0.0170. The van der Waals surface area contributed by atoms with Crippen molar-refractivity contribution in [1.82, 2.24) is 0 Å². The maximum atomic E-state index is 2.59. The van der Waals surface area contributed by atoms with Gasteiger partial charge in [-0.25, -0.2) is 0 Å². The first-order chi connectivity index (χ1) is 23.4. The Morgan fingerprint density at radius 2 is 0.872 bits per heavy atom. The summed E-state index contributed by atoms with van der Waals surface area (Å²) in [6.45, 7) is 0.130. The van der Waals surface area contributed by atoms with Crippen molar-refractivity contribution in [2.45, 2.75) is 0 Å². The van der Waals surface area contributed by atoms with Gasteiger partial charge in [-0.05, 0) is 87.5 Å². The molecule has 0 atom stereocenters. The molecule has 47 heavy (non-hydrogen) atoms. The van der Waals surface area contributed by atoms with E-state index in [2.05, 4.69) is 178 Å². The fourth-order valence-corrected chi connectivity index (χ4v) is 8.87.